The predicted molar refractivity (Wildman–Crippen MR) is 109 cm³/mol. The van der Waals surface area contributed by atoms with Gasteiger partial charge in [0.1, 0.15) is 5.82 Å². The summed E-state index contributed by atoms with van der Waals surface area (Å²) in [6.45, 7) is 6.25. The number of hydrogen-bond donors (Lipinski definition) is 1. The molecule has 2 fully saturated rings. The molecule has 0 aromatic carbocycles. The predicted octanol–water partition coefficient (Wildman–Crippen LogP) is 3.28. The summed E-state index contributed by atoms with van der Waals surface area (Å²) in [5.41, 5.74) is 1.48. The maximum absolute atomic E-state index is 4.93. The molecule has 2 aromatic heterocycles. The van der Waals surface area contributed by atoms with E-state index in [0.717, 1.165) is 49.9 Å². The van der Waals surface area contributed by atoms with Crippen LogP contribution in [0.15, 0.2) is 29.4 Å². The molecule has 0 bridgehead atoms. The van der Waals surface area contributed by atoms with Crippen molar-refractivity contribution in [1.82, 2.24) is 24.8 Å². The van der Waals surface area contributed by atoms with E-state index < -0.39 is 0 Å². The molecular formula is C21H32N6. The molecular weight excluding hydrogens is 336 g/mol. The van der Waals surface area contributed by atoms with Crippen LogP contribution in [0.4, 0.5) is 0 Å². The number of nitrogens with zero attached hydrogens (tertiary/aromatic N) is 5. The number of likely N-dealkylation sites (tertiary alicyclic amines) is 1. The number of fused-ring (bicyclic) bond motifs is 1. The molecule has 6 heteroatoms. The number of nitrogens with one attached hydrogen (secondary N) is 1. The average molecular weight is 369 g/mol. The first-order valence-corrected chi connectivity index (χ1v) is 10.6. The Bertz CT molecular complexity index is 774. The SMILES string of the molecule is CCNC(=NCCCc1nnc2ccccn12)N1CCC2(CCCCC2)C1. The summed E-state index contributed by atoms with van der Waals surface area (Å²) in [5, 5.41) is 12.1. The lowest BCUT2D eigenvalue weighted by atomic mass is 9.73. The molecule has 2 aliphatic rings. The molecule has 1 spiro atoms. The molecule has 1 saturated carbocycles. The number of aromatic nitrogens is 3. The monoisotopic (exact) mass is 368 g/mol. The van der Waals surface area contributed by atoms with E-state index in [1.54, 1.807) is 0 Å². The lowest BCUT2D eigenvalue weighted by Crippen LogP contribution is -2.41. The Kier molecular flexibility index (Phi) is 5.60. The molecule has 1 aliphatic carbocycles. The van der Waals surface area contributed by atoms with Crippen LogP contribution >= 0.6 is 0 Å². The van der Waals surface area contributed by atoms with Crippen LogP contribution in [-0.2, 0) is 6.42 Å². The van der Waals surface area contributed by atoms with E-state index >= 15 is 0 Å². The van der Waals surface area contributed by atoms with Crippen LogP contribution in [0.1, 0.15) is 57.7 Å². The molecule has 1 aliphatic heterocycles. The van der Waals surface area contributed by atoms with Gasteiger partial charge in [0.25, 0.3) is 0 Å². The maximum Gasteiger partial charge on any atom is 0.193 e. The minimum atomic E-state index is 0.564. The van der Waals surface area contributed by atoms with Crippen molar-refractivity contribution in [2.75, 3.05) is 26.2 Å². The Morgan fingerprint density at radius 1 is 1.19 bits per heavy atom. The van der Waals surface area contributed by atoms with E-state index in [4.69, 9.17) is 4.99 Å². The third-order valence-electron chi connectivity index (χ3n) is 6.19. The Balaban J connectivity index is 1.34. The van der Waals surface area contributed by atoms with Gasteiger partial charge >= 0.3 is 0 Å². The van der Waals surface area contributed by atoms with Crippen LogP contribution in [-0.4, -0.2) is 51.6 Å². The van der Waals surface area contributed by atoms with Gasteiger partial charge in [0.2, 0.25) is 0 Å². The van der Waals surface area contributed by atoms with Gasteiger partial charge in [0, 0.05) is 38.8 Å². The molecule has 0 atom stereocenters. The highest BCUT2D eigenvalue weighted by molar-refractivity contribution is 5.80. The zero-order chi connectivity index (χ0) is 18.5. The Morgan fingerprint density at radius 2 is 2.07 bits per heavy atom. The molecule has 1 N–H and O–H groups in total. The van der Waals surface area contributed by atoms with Crippen molar-refractivity contribution in [3.8, 4) is 0 Å². The van der Waals surface area contributed by atoms with E-state index in [1.165, 1.54) is 45.1 Å². The molecule has 0 amide bonds. The summed E-state index contributed by atoms with van der Waals surface area (Å²) >= 11 is 0. The minimum absolute atomic E-state index is 0.564. The van der Waals surface area contributed by atoms with Crippen LogP contribution in [0.3, 0.4) is 0 Å². The van der Waals surface area contributed by atoms with Crippen LogP contribution < -0.4 is 5.32 Å². The molecule has 146 valence electrons. The first-order valence-electron chi connectivity index (χ1n) is 10.6. The number of pyridine rings is 1. The normalized spacial score (nSPS) is 19.9. The van der Waals surface area contributed by atoms with Gasteiger partial charge in [-0.2, -0.15) is 0 Å². The van der Waals surface area contributed by atoms with Crippen molar-refractivity contribution in [1.29, 1.82) is 0 Å². The molecule has 4 rings (SSSR count). The number of aryl methyl sites for hydroxylation is 1. The van der Waals surface area contributed by atoms with Crippen LogP contribution in [0.2, 0.25) is 0 Å². The second-order valence-corrected chi connectivity index (χ2v) is 8.12. The summed E-state index contributed by atoms with van der Waals surface area (Å²) in [5.74, 6) is 2.12. The fourth-order valence-corrected chi connectivity index (χ4v) is 4.74. The summed E-state index contributed by atoms with van der Waals surface area (Å²) in [6, 6.07) is 6.01. The quantitative estimate of drug-likeness (QED) is 0.500. The molecule has 6 nitrogen and oxygen atoms in total. The standard InChI is InChI=1S/C21H32N6/c1-2-22-20(26-16-13-21(17-26)11-5-3-6-12-21)23-14-8-10-19-25-24-18-9-4-7-15-27(18)19/h4,7,9,15H,2-3,5-6,8,10-14,16-17H2,1H3,(H,22,23). The largest absolute Gasteiger partial charge is 0.357 e. The number of guanidine groups is 1. The fourth-order valence-electron chi connectivity index (χ4n) is 4.74. The zero-order valence-electron chi connectivity index (χ0n) is 16.5. The minimum Gasteiger partial charge on any atom is -0.357 e. The van der Waals surface area contributed by atoms with Crippen molar-refractivity contribution in [2.24, 2.45) is 10.4 Å². The van der Waals surface area contributed by atoms with Gasteiger partial charge in [0.15, 0.2) is 11.6 Å². The lowest BCUT2D eigenvalue weighted by molar-refractivity contribution is 0.203. The number of hydrogen-bond acceptors (Lipinski definition) is 3. The first kappa shape index (κ1) is 18.3. The van der Waals surface area contributed by atoms with E-state index in [2.05, 4.69) is 31.7 Å². The summed E-state index contributed by atoms with van der Waals surface area (Å²) in [4.78, 5) is 7.43. The average Bonchev–Trinajstić information content (AvgIpc) is 3.30. The van der Waals surface area contributed by atoms with Gasteiger partial charge < -0.3 is 10.2 Å². The van der Waals surface area contributed by atoms with Crippen molar-refractivity contribution in [2.45, 2.75) is 58.3 Å². The van der Waals surface area contributed by atoms with E-state index in [9.17, 15) is 0 Å². The lowest BCUT2D eigenvalue weighted by Gasteiger charge is -2.33. The second-order valence-electron chi connectivity index (χ2n) is 8.12. The van der Waals surface area contributed by atoms with Crippen molar-refractivity contribution in [3.05, 3.63) is 30.2 Å². The van der Waals surface area contributed by atoms with Gasteiger partial charge in [-0.3, -0.25) is 9.39 Å². The highest BCUT2D eigenvalue weighted by atomic mass is 15.3. The molecule has 27 heavy (non-hydrogen) atoms. The molecule has 0 radical (unpaired) electrons. The van der Waals surface area contributed by atoms with Crippen molar-refractivity contribution < 1.29 is 0 Å². The second kappa shape index (κ2) is 8.28. The van der Waals surface area contributed by atoms with Gasteiger partial charge in [-0.1, -0.05) is 25.3 Å². The highest BCUT2D eigenvalue weighted by Gasteiger charge is 2.39. The van der Waals surface area contributed by atoms with Crippen molar-refractivity contribution >= 4 is 11.6 Å². The summed E-state index contributed by atoms with van der Waals surface area (Å²) in [7, 11) is 0. The van der Waals surface area contributed by atoms with E-state index in [-0.39, 0.29) is 0 Å². The third kappa shape index (κ3) is 4.09. The molecule has 1 saturated heterocycles. The Morgan fingerprint density at radius 3 is 2.93 bits per heavy atom. The van der Waals surface area contributed by atoms with Crippen LogP contribution in [0.25, 0.3) is 5.65 Å². The Hall–Kier alpha value is -2.11. The van der Waals surface area contributed by atoms with Gasteiger partial charge in [-0.05, 0) is 50.2 Å². The third-order valence-corrected chi connectivity index (χ3v) is 6.19. The summed E-state index contributed by atoms with van der Waals surface area (Å²) in [6.07, 6.45) is 12.3. The van der Waals surface area contributed by atoms with E-state index in [1.807, 2.05) is 24.4 Å². The van der Waals surface area contributed by atoms with Crippen LogP contribution in [0.5, 0.6) is 0 Å². The van der Waals surface area contributed by atoms with Gasteiger partial charge in [-0.25, -0.2) is 0 Å². The highest BCUT2D eigenvalue weighted by Crippen LogP contribution is 2.43. The van der Waals surface area contributed by atoms with Crippen molar-refractivity contribution in [3.63, 3.8) is 0 Å². The molecule has 0 unspecified atom stereocenters. The number of aliphatic imine (C=N–C) groups is 1. The first-order chi connectivity index (χ1) is 13.3. The topological polar surface area (TPSA) is 57.8 Å². The maximum atomic E-state index is 4.93. The number of rotatable bonds is 5. The molecule has 2 aromatic rings. The smallest absolute Gasteiger partial charge is 0.193 e. The van der Waals surface area contributed by atoms with Gasteiger partial charge in [-0.15, -0.1) is 10.2 Å². The van der Waals surface area contributed by atoms with Crippen LogP contribution in [0, 0.1) is 5.41 Å². The summed E-state index contributed by atoms with van der Waals surface area (Å²) < 4.78 is 2.07. The zero-order valence-corrected chi connectivity index (χ0v) is 16.5. The molecule has 3 heterocycles. The Labute approximate surface area is 162 Å². The fraction of sp³-hybridized carbons (Fsp3) is 0.667. The van der Waals surface area contributed by atoms with Gasteiger partial charge in [0.05, 0.1) is 0 Å². The van der Waals surface area contributed by atoms with E-state index in [0.29, 0.717) is 5.41 Å².